The van der Waals surface area contributed by atoms with Gasteiger partial charge >= 0.3 is 0 Å². The number of rotatable bonds is 7. The minimum atomic E-state index is 0.351. The second-order valence-electron chi connectivity index (χ2n) is 5.27. The van der Waals surface area contributed by atoms with E-state index < -0.39 is 0 Å². The summed E-state index contributed by atoms with van der Waals surface area (Å²) in [4.78, 5) is 2.50. The molecule has 0 aromatic heterocycles. The standard InChI is InChI=1S/C16H28N2/c1-5-13(3)12-18(6-2)16(11-17)15-9-7-8-14(4)10-15/h7-10,13,16H,5-6,11-12,17H2,1-4H3. The highest BCUT2D eigenvalue weighted by molar-refractivity contribution is 5.25. The molecule has 0 amide bonds. The number of nitrogens with two attached hydrogens (primary N) is 1. The van der Waals surface area contributed by atoms with Crippen LogP contribution in [-0.4, -0.2) is 24.5 Å². The van der Waals surface area contributed by atoms with Crippen molar-refractivity contribution < 1.29 is 0 Å². The SMILES string of the molecule is CCC(C)CN(CC)C(CN)c1cccc(C)c1. The molecule has 0 bridgehead atoms. The van der Waals surface area contributed by atoms with Crippen molar-refractivity contribution in [2.24, 2.45) is 11.7 Å². The van der Waals surface area contributed by atoms with Gasteiger partial charge in [0.25, 0.3) is 0 Å². The number of aryl methyl sites for hydroxylation is 1. The first kappa shape index (κ1) is 15.2. The van der Waals surface area contributed by atoms with E-state index in [0.717, 1.165) is 19.0 Å². The van der Waals surface area contributed by atoms with Gasteiger partial charge in [-0.1, -0.05) is 57.0 Å². The lowest BCUT2D eigenvalue weighted by Crippen LogP contribution is -2.36. The molecule has 18 heavy (non-hydrogen) atoms. The van der Waals surface area contributed by atoms with Crippen LogP contribution in [0.3, 0.4) is 0 Å². The summed E-state index contributed by atoms with van der Waals surface area (Å²) in [6, 6.07) is 9.08. The van der Waals surface area contributed by atoms with Crippen molar-refractivity contribution in [3.63, 3.8) is 0 Å². The van der Waals surface area contributed by atoms with Crippen LogP contribution in [-0.2, 0) is 0 Å². The maximum atomic E-state index is 6.01. The molecule has 102 valence electrons. The fourth-order valence-electron chi connectivity index (χ4n) is 2.38. The van der Waals surface area contributed by atoms with Crippen molar-refractivity contribution in [2.45, 2.75) is 40.2 Å². The van der Waals surface area contributed by atoms with Gasteiger partial charge in [-0.15, -0.1) is 0 Å². The molecule has 2 heteroatoms. The number of likely N-dealkylation sites (N-methyl/N-ethyl adjacent to an activating group) is 1. The van der Waals surface area contributed by atoms with Crippen molar-refractivity contribution in [1.29, 1.82) is 0 Å². The van der Waals surface area contributed by atoms with Crippen LogP contribution < -0.4 is 5.73 Å². The third-order valence-electron chi connectivity index (χ3n) is 3.74. The van der Waals surface area contributed by atoms with Gasteiger partial charge in [0, 0.05) is 19.1 Å². The number of hydrogen-bond acceptors (Lipinski definition) is 2. The van der Waals surface area contributed by atoms with E-state index in [0.29, 0.717) is 12.6 Å². The maximum absolute atomic E-state index is 6.01. The summed E-state index contributed by atoms with van der Waals surface area (Å²) in [5.41, 5.74) is 8.67. The normalized spacial score (nSPS) is 14.8. The Balaban J connectivity index is 2.85. The largest absolute Gasteiger partial charge is 0.329 e. The van der Waals surface area contributed by atoms with E-state index in [9.17, 15) is 0 Å². The van der Waals surface area contributed by atoms with Crippen molar-refractivity contribution >= 4 is 0 Å². The molecule has 1 aromatic rings. The van der Waals surface area contributed by atoms with Gasteiger partial charge in [-0.05, 0) is 24.9 Å². The zero-order valence-electron chi connectivity index (χ0n) is 12.3. The molecule has 0 radical (unpaired) electrons. The summed E-state index contributed by atoms with van der Waals surface area (Å²) in [5.74, 6) is 0.726. The lowest BCUT2D eigenvalue weighted by Gasteiger charge is -2.32. The van der Waals surface area contributed by atoms with Gasteiger partial charge in [0.15, 0.2) is 0 Å². The van der Waals surface area contributed by atoms with Crippen molar-refractivity contribution in [3.8, 4) is 0 Å². The third-order valence-corrected chi connectivity index (χ3v) is 3.74. The summed E-state index contributed by atoms with van der Waals surface area (Å²) in [7, 11) is 0. The van der Waals surface area contributed by atoms with Crippen LogP contribution in [0, 0.1) is 12.8 Å². The van der Waals surface area contributed by atoms with E-state index >= 15 is 0 Å². The first-order chi connectivity index (χ1) is 8.62. The molecule has 0 spiro atoms. The minimum absolute atomic E-state index is 0.351. The van der Waals surface area contributed by atoms with E-state index in [1.165, 1.54) is 17.5 Å². The van der Waals surface area contributed by atoms with E-state index in [1.807, 2.05) is 0 Å². The van der Waals surface area contributed by atoms with E-state index in [-0.39, 0.29) is 0 Å². The number of nitrogens with zero attached hydrogens (tertiary/aromatic N) is 1. The van der Waals surface area contributed by atoms with Gasteiger partial charge in [0.1, 0.15) is 0 Å². The predicted octanol–water partition coefficient (Wildman–Crippen LogP) is 3.36. The molecule has 0 aliphatic rings. The Morgan fingerprint density at radius 3 is 2.50 bits per heavy atom. The van der Waals surface area contributed by atoms with Crippen molar-refractivity contribution in [2.75, 3.05) is 19.6 Å². The van der Waals surface area contributed by atoms with Gasteiger partial charge < -0.3 is 5.73 Å². The molecule has 2 N–H and O–H groups in total. The van der Waals surface area contributed by atoms with Gasteiger partial charge in [-0.2, -0.15) is 0 Å². The van der Waals surface area contributed by atoms with E-state index in [2.05, 4.69) is 56.9 Å². The molecule has 0 saturated heterocycles. The van der Waals surface area contributed by atoms with E-state index in [1.54, 1.807) is 0 Å². The van der Waals surface area contributed by atoms with Crippen LogP contribution >= 0.6 is 0 Å². The molecule has 2 nitrogen and oxygen atoms in total. The number of hydrogen-bond donors (Lipinski definition) is 1. The van der Waals surface area contributed by atoms with Crippen LogP contribution in [0.25, 0.3) is 0 Å². The Kier molecular flexibility index (Phi) is 6.37. The Hall–Kier alpha value is -0.860. The highest BCUT2D eigenvalue weighted by Gasteiger charge is 2.19. The molecule has 0 fully saturated rings. The summed E-state index contributed by atoms with van der Waals surface area (Å²) >= 11 is 0. The topological polar surface area (TPSA) is 29.3 Å². The molecule has 2 atom stereocenters. The average Bonchev–Trinajstić information content (AvgIpc) is 2.38. The van der Waals surface area contributed by atoms with Gasteiger partial charge in [0.05, 0.1) is 0 Å². The van der Waals surface area contributed by atoms with Gasteiger partial charge in [0.2, 0.25) is 0 Å². The molecule has 0 saturated carbocycles. The Labute approximate surface area is 112 Å². The van der Waals surface area contributed by atoms with E-state index in [4.69, 9.17) is 5.73 Å². The molecule has 0 aliphatic heterocycles. The maximum Gasteiger partial charge on any atom is 0.0470 e. The summed E-state index contributed by atoms with van der Waals surface area (Å²) in [5, 5.41) is 0. The molecular formula is C16H28N2. The smallest absolute Gasteiger partial charge is 0.0470 e. The molecule has 1 rings (SSSR count). The van der Waals surface area contributed by atoms with Crippen LogP contribution in [0.4, 0.5) is 0 Å². The van der Waals surface area contributed by atoms with Gasteiger partial charge in [-0.25, -0.2) is 0 Å². The van der Waals surface area contributed by atoms with Crippen LogP contribution in [0.5, 0.6) is 0 Å². The highest BCUT2D eigenvalue weighted by atomic mass is 15.2. The predicted molar refractivity (Wildman–Crippen MR) is 79.7 cm³/mol. The lowest BCUT2D eigenvalue weighted by molar-refractivity contribution is 0.182. The lowest BCUT2D eigenvalue weighted by atomic mass is 10.0. The third kappa shape index (κ3) is 4.11. The monoisotopic (exact) mass is 248 g/mol. The van der Waals surface area contributed by atoms with Crippen LogP contribution in [0.15, 0.2) is 24.3 Å². The highest BCUT2D eigenvalue weighted by Crippen LogP contribution is 2.22. The number of benzene rings is 1. The Morgan fingerprint density at radius 2 is 2.00 bits per heavy atom. The Bertz CT molecular complexity index is 349. The van der Waals surface area contributed by atoms with Crippen molar-refractivity contribution in [1.82, 2.24) is 4.90 Å². The Morgan fingerprint density at radius 1 is 1.28 bits per heavy atom. The van der Waals surface area contributed by atoms with Crippen molar-refractivity contribution in [3.05, 3.63) is 35.4 Å². The molecule has 0 heterocycles. The first-order valence-electron chi connectivity index (χ1n) is 7.13. The zero-order valence-corrected chi connectivity index (χ0v) is 12.3. The van der Waals surface area contributed by atoms with Crippen LogP contribution in [0.1, 0.15) is 44.4 Å². The second-order valence-corrected chi connectivity index (χ2v) is 5.27. The fraction of sp³-hybridized carbons (Fsp3) is 0.625. The quantitative estimate of drug-likeness (QED) is 0.801. The minimum Gasteiger partial charge on any atom is -0.329 e. The van der Waals surface area contributed by atoms with Gasteiger partial charge in [-0.3, -0.25) is 4.90 Å². The summed E-state index contributed by atoms with van der Waals surface area (Å²) in [6.07, 6.45) is 1.22. The molecule has 2 unspecified atom stereocenters. The average molecular weight is 248 g/mol. The second kappa shape index (κ2) is 7.55. The first-order valence-corrected chi connectivity index (χ1v) is 7.13. The zero-order chi connectivity index (χ0) is 13.5. The van der Waals surface area contributed by atoms with Crippen LogP contribution in [0.2, 0.25) is 0 Å². The molecule has 1 aromatic carbocycles. The fourth-order valence-corrected chi connectivity index (χ4v) is 2.38. The summed E-state index contributed by atoms with van der Waals surface area (Å²) in [6.45, 7) is 11.8. The molecule has 0 aliphatic carbocycles. The summed E-state index contributed by atoms with van der Waals surface area (Å²) < 4.78 is 0. The molecular weight excluding hydrogens is 220 g/mol.